The van der Waals surface area contributed by atoms with Crippen LogP contribution in [0.3, 0.4) is 0 Å². The molecule has 1 atom stereocenters. The Bertz CT molecular complexity index is 483. The summed E-state index contributed by atoms with van der Waals surface area (Å²) in [5.74, 6) is -0.106. The summed E-state index contributed by atoms with van der Waals surface area (Å²) in [6.07, 6.45) is 1.67. The molecule has 1 aromatic rings. The quantitative estimate of drug-likeness (QED) is 0.790. The lowest BCUT2D eigenvalue weighted by Crippen LogP contribution is -2.46. The van der Waals surface area contributed by atoms with Crippen molar-refractivity contribution in [3.63, 3.8) is 0 Å². The Kier molecular flexibility index (Phi) is 5.48. The molecule has 5 heteroatoms. The van der Waals surface area contributed by atoms with Crippen LogP contribution < -0.4 is 0 Å². The number of halogens is 1. The Balaban J connectivity index is 3.09. The summed E-state index contributed by atoms with van der Waals surface area (Å²) >= 11 is 5.78. The van der Waals surface area contributed by atoms with Crippen molar-refractivity contribution in [1.82, 2.24) is 10.1 Å². The van der Waals surface area contributed by atoms with E-state index in [4.69, 9.17) is 16.1 Å². The van der Waals surface area contributed by atoms with Crippen LogP contribution in [-0.2, 0) is 16.8 Å². The van der Waals surface area contributed by atoms with Crippen LogP contribution in [0.1, 0.15) is 59.7 Å². The molecule has 120 valence electrons. The fourth-order valence-electron chi connectivity index (χ4n) is 2.13. The van der Waals surface area contributed by atoms with E-state index in [9.17, 15) is 4.79 Å². The predicted molar refractivity (Wildman–Crippen MR) is 85.4 cm³/mol. The molecule has 0 saturated heterocycles. The maximum atomic E-state index is 12.2. The number of alkyl halides is 1. The molecule has 0 aliphatic heterocycles. The molecular formula is C16H27ClN2O2. The van der Waals surface area contributed by atoms with Crippen molar-refractivity contribution in [2.24, 2.45) is 5.41 Å². The second-order valence-electron chi connectivity index (χ2n) is 7.62. The van der Waals surface area contributed by atoms with Gasteiger partial charge in [-0.25, -0.2) is 0 Å². The van der Waals surface area contributed by atoms with Crippen LogP contribution in [0, 0.1) is 5.41 Å². The molecule has 0 radical (unpaired) electrons. The number of hydrogen-bond acceptors (Lipinski definition) is 3. The normalized spacial score (nSPS) is 14.1. The second-order valence-corrected chi connectivity index (χ2v) is 7.89. The Morgan fingerprint density at radius 1 is 1.33 bits per heavy atom. The number of carbonyl (C=O) groups excluding carboxylic acids is 1. The van der Waals surface area contributed by atoms with Gasteiger partial charge in [-0.1, -0.05) is 46.7 Å². The SMILES string of the molecule is CC(N(Cc1nocc1C(C)(C)C)C(=O)CCl)C(C)(C)C. The molecular weight excluding hydrogens is 288 g/mol. The van der Waals surface area contributed by atoms with Crippen molar-refractivity contribution in [2.45, 2.75) is 66.5 Å². The zero-order chi connectivity index (χ0) is 16.4. The van der Waals surface area contributed by atoms with Crippen molar-refractivity contribution >= 4 is 17.5 Å². The highest BCUT2D eigenvalue weighted by Gasteiger charge is 2.31. The van der Waals surface area contributed by atoms with Crippen molar-refractivity contribution in [3.05, 3.63) is 17.5 Å². The summed E-state index contributed by atoms with van der Waals surface area (Å²) in [4.78, 5) is 14.0. The van der Waals surface area contributed by atoms with Crippen LogP contribution in [-0.4, -0.2) is 27.9 Å². The molecule has 0 fully saturated rings. The number of hydrogen-bond donors (Lipinski definition) is 0. The van der Waals surface area contributed by atoms with Gasteiger partial charge in [-0.3, -0.25) is 4.79 Å². The van der Waals surface area contributed by atoms with Crippen LogP contribution in [0.25, 0.3) is 0 Å². The first kappa shape index (κ1) is 18.0. The fourth-order valence-corrected chi connectivity index (χ4v) is 2.28. The minimum Gasteiger partial charge on any atom is -0.364 e. The molecule has 1 heterocycles. The van der Waals surface area contributed by atoms with E-state index in [2.05, 4.69) is 46.7 Å². The van der Waals surface area contributed by atoms with Gasteiger partial charge in [0.1, 0.15) is 17.8 Å². The van der Waals surface area contributed by atoms with Gasteiger partial charge in [0.15, 0.2) is 0 Å². The number of rotatable bonds is 4. The standard InChI is InChI=1S/C16H27ClN2O2/c1-11(15(2,3)4)19(14(20)8-17)9-13-12(10-21-18-13)16(5,6)7/h10-11H,8-9H2,1-7H3. The van der Waals surface area contributed by atoms with Crippen LogP contribution in [0.2, 0.25) is 0 Å². The molecule has 4 nitrogen and oxygen atoms in total. The van der Waals surface area contributed by atoms with E-state index in [1.165, 1.54) is 0 Å². The Labute approximate surface area is 132 Å². The maximum absolute atomic E-state index is 12.2. The third-order valence-electron chi connectivity index (χ3n) is 3.93. The van der Waals surface area contributed by atoms with Gasteiger partial charge in [-0.2, -0.15) is 0 Å². The highest BCUT2D eigenvalue weighted by Crippen LogP contribution is 2.29. The van der Waals surface area contributed by atoms with Crippen LogP contribution in [0.4, 0.5) is 0 Å². The second kappa shape index (κ2) is 6.39. The van der Waals surface area contributed by atoms with Gasteiger partial charge in [0.2, 0.25) is 5.91 Å². The van der Waals surface area contributed by atoms with Gasteiger partial charge in [0.25, 0.3) is 0 Å². The molecule has 0 N–H and O–H groups in total. The number of amides is 1. The fraction of sp³-hybridized carbons (Fsp3) is 0.750. The zero-order valence-electron chi connectivity index (χ0n) is 14.2. The zero-order valence-corrected chi connectivity index (χ0v) is 14.9. The molecule has 0 aromatic carbocycles. The van der Waals surface area contributed by atoms with Gasteiger partial charge in [0, 0.05) is 11.6 Å². The lowest BCUT2D eigenvalue weighted by Gasteiger charge is -2.37. The maximum Gasteiger partial charge on any atom is 0.238 e. The first-order valence-corrected chi connectivity index (χ1v) is 7.81. The average Bonchev–Trinajstić information content (AvgIpc) is 2.81. The molecule has 0 bridgehead atoms. The minimum atomic E-state index is -0.0815. The van der Waals surface area contributed by atoms with Crippen molar-refractivity contribution in [2.75, 3.05) is 5.88 Å². The highest BCUT2D eigenvalue weighted by atomic mass is 35.5. The topological polar surface area (TPSA) is 46.3 Å². The predicted octanol–water partition coefficient (Wildman–Crippen LogP) is 3.97. The summed E-state index contributed by atoms with van der Waals surface area (Å²) in [5.41, 5.74) is 1.72. The van der Waals surface area contributed by atoms with E-state index in [-0.39, 0.29) is 28.7 Å². The van der Waals surface area contributed by atoms with Crippen LogP contribution >= 0.6 is 11.6 Å². The van der Waals surface area contributed by atoms with Gasteiger partial charge in [0.05, 0.1) is 6.54 Å². The number of carbonyl (C=O) groups is 1. The van der Waals surface area contributed by atoms with Gasteiger partial charge < -0.3 is 9.42 Å². The Morgan fingerprint density at radius 3 is 2.33 bits per heavy atom. The monoisotopic (exact) mass is 314 g/mol. The smallest absolute Gasteiger partial charge is 0.238 e. The van der Waals surface area contributed by atoms with Crippen LogP contribution in [0.15, 0.2) is 10.8 Å². The molecule has 1 rings (SSSR count). The summed E-state index contributed by atoms with van der Waals surface area (Å²) in [6.45, 7) is 15.1. The Morgan fingerprint density at radius 2 is 1.90 bits per heavy atom. The average molecular weight is 315 g/mol. The van der Waals surface area contributed by atoms with Gasteiger partial charge >= 0.3 is 0 Å². The van der Waals surface area contributed by atoms with E-state index in [1.54, 1.807) is 11.2 Å². The highest BCUT2D eigenvalue weighted by molar-refractivity contribution is 6.27. The first-order chi connectivity index (χ1) is 9.48. The lowest BCUT2D eigenvalue weighted by molar-refractivity contribution is -0.133. The van der Waals surface area contributed by atoms with Crippen molar-refractivity contribution in [1.29, 1.82) is 0 Å². The lowest BCUT2D eigenvalue weighted by atomic mass is 9.85. The molecule has 1 aromatic heterocycles. The van der Waals surface area contributed by atoms with Crippen molar-refractivity contribution < 1.29 is 9.32 Å². The molecule has 0 aliphatic carbocycles. The van der Waals surface area contributed by atoms with E-state index in [1.807, 2.05) is 6.92 Å². The molecule has 0 saturated carbocycles. The van der Waals surface area contributed by atoms with E-state index in [0.717, 1.165) is 11.3 Å². The van der Waals surface area contributed by atoms with Crippen molar-refractivity contribution in [3.8, 4) is 0 Å². The summed E-state index contributed by atoms with van der Waals surface area (Å²) in [6, 6.07) is 0.0493. The number of aromatic nitrogens is 1. The minimum absolute atomic E-state index is 0.0247. The van der Waals surface area contributed by atoms with E-state index >= 15 is 0 Å². The largest absolute Gasteiger partial charge is 0.364 e. The van der Waals surface area contributed by atoms with E-state index < -0.39 is 0 Å². The molecule has 0 spiro atoms. The van der Waals surface area contributed by atoms with Crippen LogP contribution in [0.5, 0.6) is 0 Å². The molecule has 0 aliphatic rings. The van der Waals surface area contributed by atoms with Gasteiger partial charge in [-0.05, 0) is 17.8 Å². The third kappa shape index (κ3) is 4.47. The summed E-state index contributed by atoms with van der Waals surface area (Å²) in [5, 5.41) is 4.09. The molecule has 1 unspecified atom stereocenters. The summed E-state index contributed by atoms with van der Waals surface area (Å²) < 4.78 is 5.13. The van der Waals surface area contributed by atoms with Gasteiger partial charge in [-0.15, -0.1) is 11.6 Å². The van der Waals surface area contributed by atoms with E-state index in [0.29, 0.717) is 6.54 Å². The first-order valence-electron chi connectivity index (χ1n) is 7.27. The summed E-state index contributed by atoms with van der Waals surface area (Å²) in [7, 11) is 0. The number of nitrogens with zero attached hydrogens (tertiary/aromatic N) is 2. The molecule has 1 amide bonds. The Hall–Kier alpha value is -1.03. The molecule has 21 heavy (non-hydrogen) atoms. The third-order valence-corrected chi connectivity index (χ3v) is 4.16.